The van der Waals surface area contributed by atoms with Crippen LogP contribution < -0.4 is 10.2 Å². The molecule has 1 aromatic carbocycles. The van der Waals surface area contributed by atoms with Crippen LogP contribution in [0.2, 0.25) is 0 Å². The second kappa shape index (κ2) is 7.67. The van der Waals surface area contributed by atoms with E-state index >= 15 is 0 Å². The van der Waals surface area contributed by atoms with Gasteiger partial charge in [0.1, 0.15) is 11.2 Å². The third-order valence-corrected chi connectivity index (χ3v) is 4.27. The Morgan fingerprint density at radius 1 is 1.14 bits per heavy atom. The lowest BCUT2D eigenvalue weighted by Gasteiger charge is -2.16. The van der Waals surface area contributed by atoms with Crippen molar-refractivity contribution in [3.8, 4) is 22.8 Å². The summed E-state index contributed by atoms with van der Waals surface area (Å²) in [6, 6.07) is 7.91. The van der Waals surface area contributed by atoms with Crippen LogP contribution in [-0.4, -0.2) is 20.1 Å². The van der Waals surface area contributed by atoms with Gasteiger partial charge in [-0.25, -0.2) is 0 Å². The lowest BCUT2D eigenvalue weighted by atomic mass is 10.0. The Morgan fingerprint density at radius 3 is 2.48 bits per heavy atom. The number of aromatic nitrogens is 3. The van der Waals surface area contributed by atoms with Crippen molar-refractivity contribution >= 4 is 16.9 Å². The predicted molar refractivity (Wildman–Crippen MR) is 101 cm³/mol. The number of nitrogens with zero attached hydrogens (tertiary/aromatic N) is 3. The van der Waals surface area contributed by atoms with Gasteiger partial charge in [0.2, 0.25) is 11.2 Å². The minimum absolute atomic E-state index is 0.0754. The zero-order valence-corrected chi connectivity index (χ0v) is 16.1. The van der Waals surface area contributed by atoms with Crippen molar-refractivity contribution in [2.45, 2.75) is 20.0 Å². The highest BCUT2D eigenvalue weighted by Gasteiger charge is 2.32. The lowest BCUT2D eigenvalue weighted by molar-refractivity contribution is -0.137. The van der Waals surface area contributed by atoms with Gasteiger partial charge in [-0.2, -0.15) is 17.9 Å². The third-order valence-electron chi connectivity index (χ3n) is 4.11. The Balaban J connectivity index is 2.20. The summed E-state index contributed by atoms with van der Waals surface area (Å²) in [6.45, 7) is 3.32. The predicted octanol–water partition coefficient (Wildman–Crippen LogP) is 4.87. The van der Waals surface area contributed by atoms with Crippen LogP contribution in [0.1, 0.15) is 16.8 Å². The van der Waals surface area contributed by atoms with Gasteiger partial charge in [0.05, 0.1) is 5.56 Å². The standard InChI is InChI=1S/C19H15ClF3N5O/c1-10-8-16(24)28(18(20)25)27-17(10)29-15-9-12(19(21,22)23)5-6-14(15)13-4-3-7-26-11(13)2/h3-9,24-25H,1-2H3. The molecule has 2 N–H and O–H groups in total. The van der Waals surface area contributed by atoms with E-state index in [0.717, 1.165) is 16.8 Å². The summed E-state index contributed by atoms with van der Waals surface area (Å²) in [7, 11) is 0. The Hall–Kier alpha value is -3.20. The zero-order valence-electron chi connectivity index (χ0n) is 15.3. The highest BCUT2D eigenvalue weighted by molar-refractivity contribution is 6.64. The molecule has 0 spiro atoms. The maximum absolute atomic E-state index is 13.3. The lowest BCUT2D eigenvalue weighted by Crippen LogP contribution is -2.26. The van der Waals surface area contributed by atoms with Gasteiger partial charge in [-0.05, 0) is 55.8 Å². The Bertz CT molecular complexity index is 1160. The molecular weight excluding hydrogens is 407 g/mol. The van der Waals surface area contributed by atoms with Crippen molar-refractivity contribution in [3.63, 3.8) is 0 Å². The number of aryl methyl sites for hydroxylation is 2. The van der Waals surface area contributed by atoms with E-state index in [1.54, 1.807) is 32.2 Å². The van der Waals surface area contributed by atoms with E-state index in [9.17, 15) is 13.2 Å². The normalized spacial score (nSPS) is 11.4. The topological polar surface area (TPSA) is 87.6 Å². The average Bonchev–Trinajstić information content (AvgIpc) is 2.63. The second-order valence-electron chi connectivity index (χ2n) is 6.17. The van der Waals surface area contributed by atoms with Crippen LogP contribution in [0.5, 0.6) is 11.6 Å². The highest BCUT2D eigenvalue weighted by Crippen LogP contribution is 2.39. The average molecular weight is 422 g/mol. The van der Waals surface area contributed by atoms with E-state index in [4.69, 9.17) is 27.2 Å². The van der Waals surface area contributed by atoms with Crippen molar-refractivity contribution in [2.75, 3.05) is 0 Å². The number of alkyl halides is 3. The number of ether oxygens (including phenoxy) is 1. The van der Waals surface area contributed by atoms with Crippen molar-refractivity contribution in [2.24, 2.45) is 0 Å². The molecule has 0 saturated carbocycles. The van der Waals surface area contributed by atoms with Crippen LogP contribution in [0, 0.1) is 24.7 Å². The monoisotopic (exact) mass is 421 g/mol. The smallest absolute Gasteiger partial charge is 0.416 e. The molecule has 0 radical (unpaired) electrons. The second-order valence-corrected chi connectivity index (χ2v) is 6.53. The first kappa shape index (κ1) is 20.5. The number of hydrogen-bond donors (Lipinski definition) is 2. The molecule has 2 heterocycles. The van der Waals surface area contributed by atoms with Crippen LogP contribution in [-0.2, 0) is 6.18 Å². The molecule has 150 valence electrons. The van der Waals surface area contributed by atoms with Crippen molar-refractivity contribution in [3.05, 3.63) is 64.9 Å². The van der Waals surface area contributed by atoms with Gasteiger partial charge in [-0.3, -0.25) is 15.8 Å². The molecule has 0 fully saturated rings. The maximum Gasteiger partial charge on any atom is 0.416 e. The summed E-state index contributed by atoms with van der Waals surface area (Å²) in [6.07, 6.45) is -2.98. The molecular formula is C19H15ClF3N5O. The molecule has 0 atom stereocenters. The molecule has 3 rings (SSSR count). The molecule has 29 heavy (non-hydrogen) atoms. The van der Waals surface area contributed by atoms with E-state index in [1.807, 2.05) is 0 Å². The van der Waals surface area contributed by atoms with Crippen LogP contribution in [0.3, 0.4) is 0 Å². The molecule has 0 aliphatic carbocycles. The summed E-state index contributed by atoms with van der Waals surface area (Å²) in [5.41, 5.74) is 0.959. The summed E-state index contributed by atoms with van der Waals surface area (Å²) in [4.78, 5) is 4.17. The highest BCUT2D eigenvalue weighted by atomic mass is 35.5. The molecule has 0 aliphatic rings. The van der Waals surface area contributed by atoms with Gasteiger partial charge in [0.15, 0.2) is 0 Å². The fraction of sp³-hybridized carbons (Fsp3) is 0.158. The van der Waals surface area contributed by atoms with Crippen LogP contribution >= 0.6 is 11.6 Å². The fourth-order valence-corrected chi connectivity index (χ4v) is 2.81. The van der Waals surface area contributed by atoms with E-state index < -0.39 is 17.0 Å². The van der Waals surface area contributed by atoms with Gasteiger partial charge in [-0.1, -0.05) is 6.07 Å². The Morgan fingerprint density at radius 2 is 1.86 bits per heavy atom. The first-order valence-electron chi connectivity index (χ1n) is 8.29. The molecule has 0 amide bonds. The summed E-state index contributed by atoms with van der Waals surface area (Å²) < 4.78 is 46.3. The number of nitrogens with one attached hydrogen (secondary N) is 2. The number of rotatable bonds is 3. The van der Waals surface area contributed by atoms with Crippen molar-refractivity contribution < 1.29 is 17.9 Å². The van der Waals surface area contributed by atoms with Gasteiger partial charge in [0, 0.05) is 28.6 Å². The SMILES string of the molecule is Cc1cc(=N)n(C(=N)Cl)nc1Oc1cc(C(F)(F)F)ccc1-c1cccnc1C. The first-order valence-corrected chi connectivity index (χ1v) is 8.67. The molecule has 3 aromatic rings. The van der Waals surface area contributed by atoms with Crippen molar-refractivity contribution in [1.82, 2.24) is 14.8 Å². The molecule has 0 unspecified atom stereocenters. The number of hydrogen-bond acceptors (Lipinski definition) is 5. The Kier molecular flexibility index (Phi) is 5.43. The largest absolute Gasteiger partial charge is 0.437 e. The van der Waals surface area contributed by atoms with Crippen LogP contribution in [0.25, 0.3) is 11.1 Å². The van der Waals surface area contributed by atoms with Gasteiger partial charge in [0.25, 0.3) is 0 Å². The third kappa shape index (κ3) is 4.29. The van der Waals surface area contributed by atoms with Gasteiger partial charge >= 0.3 is 6.18 Å². The number of pyridine rings is 1. The van der Waals surface area contributed by atoms with Gasteiger partial charge in [-0.15, -0.1) is 5.10 Å². The molecule has 0 saturated heterocycles. The van der Waals surface area contributed by atoms with E-state index in [2.05, 4.69) is 10.1 Å². The summed E-state index contributed by atoms with van der Waals surface area (Å²) in [5, 5.41) is 18.7. The van der Waals surface area contributed by atoms with Gasteiger partial charge < -0.3 is 4.74 Å². The molecule has 6 nitrogen and oxygen atoms in total. The molecule has 0 aliphatic heterocycles. The van der Waals surface area contributed by atoms with E-state index in [1.165, 1.54) is 12.1 Å². The number of benzene rings is 1. The molecule has 2 aromatic heterocycles. The van der Waals surface area contributed by atoms with E-state index in [0.29, 0.717) is 22.4 Å². The molecule has 10 heteroatoms. The van der Waals surface area contributed by atoms with E-state index in [-0.39, 0.29) is 17.1 Å². The minimum atomic E-state index is -4.56. The first-order chi connectivity index (χ1) is 13.6. The summed E-state index contributed by atoms with van der Waals surface area (Å²) in [5.74, 6) is -0.162. The minimum Gasteiger partial charge on any atom is -0.437 e. The zero-order chi connectivity index (χ0) is 21.3. The van der Waals surface area contributed by atoms with Crippen LogP contribution in [0.4, 0.5) is 13.2 Å². The quantitative estimate of drug-likeness (QED) is 0.467. The van der Waals surface area contributed by atoms with Crippen molar-refractivity contribution in [1.29, 1.82) is 10.8 Å². The number of halogens is 4. The summed E-state index contributed by atoms with van der Waals surface area (Å²) >= 11 is 5.62. The van der Waals surface area contributed by atoms with Crippen LogP contribution in [0.15, 0.2) is 42.6 Å². The molecule has 0 bridgehead atoms. The maximum atomic E-state index is 13.3. The fourth-order valence-electron chi connectivity index (χ4n) is 2.68. The Labute approximate surface area is 168 Å².